The van der Waals surface area contributed by atoms with Crippen molar-refractivity contribution in [3.8, 4) is 5.75 Å². The minimum atomic E-state index is -0.264. The van der Waals surface area contributed by atoms with Crippen molar-refractivity contribution in [2.75, 3.05) is 43.0 Å². The molecule has 7 heteroatoms. The highest BCUT2D eigenvalue weighted by Crippen LogP contribution is 2.27. The van der Waals surface area contributed by atoms with Gasteiger partial charge in [-0.25, -0.2) is 9.18 Å². The highest BCUT2D eigenvalue weighted by atomic mass is 19.1. The topological polar surface area (TPSA) is 61.9 Å². The summed E-state index contributed by atoms with van der Waals surface area (Å²) in [6.07, 6.45) is 0. The zero-order chi connectivity index (χ0) is 20.1. The molecule has 0 atom stereocenters. The lowest BCUT2D eigenvalue weighted by molar-refractivity contribution is 0.101. The van der Waals surface area contributed by atoms with Crippen molar-refractivity contribution in [1.29, 1.82) is 0 Å². The van der Waals surface area contributed by atoms with E-state index < -0.39 is 0 Å². The van der Waals surface area contributed by atoms with E-state index in [0.717, 1.165) is 5.69 Å². The van der Waals surface area contributed by atoms with E-state index in [9.17, 15) is 14.0 Å². The largest absolute Gasteiger partial charge is 0.492 e. The Labute approximate surface area is 163 Å². The van der Waals surface area contributed by atoms with Crippen molar-refractivity contribution in [2.24, 2.45) is 0 Å². The molecule has 1 fully saturated rings. The number of anilines is 2. The Balaban J connectivity index is 1.65. The van der Waals surface area contributed by atoms with E-state index >= 15 is 0 Å². The molecule has 6 nitrogen and oxygen atoms in total. The number of ether oxygens (including phenoxy) is 1. The Hall–Kier alpha value is -3.09. The maximum absolute atomic E-state index is 13.1. The van der Waals surface area contributed by atoms with Gasteiger partial charge in [-0.1, -0.05) is 0 Å². The van der Waals surface area contributed by atoms with Gasteiger partial charge in [0.25, 0.3) is 0 Å². The van der Waals surface area contributed by atoms with Crippen LogP contribution in [0.2, 0.25) is 0 Å². The zero-order valence-electron chi connectivity index (χ0n) is 16.1. The monoisotopic (exact) mass is 385 g/mol. The second-order valence-electron chi connectivity index (χ2n) is 6.58. The zero-order valence-corrected chi connectivity index (χ0v) is 16.1. The molecule has 0 bridgehead atoms. The molecule has 1 heterocycles. The van der Waals surface area contributed by atoms with E-state index in [1.807, 2.05) is 6.92 Å². The van der Waals surface area contributed by atoms with Crippen LogP contribution in [0.15, 0.2) is 42.5 Å². The minimum Gasteiger partial charge on any atom is -0.492 e. The van der Waals surface area contributed by atoms with Crippen LogP contribution in [0.5, 0.6) is 5.75 Å². The first-order valence-electron chi connectivity index (χ1n) is 9.32. The highest BCUT2D eigenvalue weighted by Gasteiger charge is 2.22. The molecule has 0 aromatic heterocycles. The van der Waals surface area contributed by atoms with Crippen molar-refractivity contribution >= 4 is 23.2 Å². The number of amides is 2. The number of hydrogen-bond acceptors (Lipinski definition) is 4. The molecule has 2 amide bonds. The number of halogens is 1. The molecule has 28 heavy (non-hydrogen) atoms. The Morgan fingerprint density at radius 3 is 2.36 bits per heavy atom. The number of nitrogens with one attached hydrogen (secondary N) is 1. The van der Waals surface area contributed by atoms with Gasteiger partial charge in [-0.15, -0.1) is 0 Å². The summed E-state index contributed by atoms with van der Waals surface area (Å²) in [5, 5.41) is 2.86. The van der Waals surface area contributed by atoms with Crippen molar-refractivity contribution in [3.05, 3.63) is 53.8 Å². The Morgan fingerprint density at radius 2 is 1.75 bits per heavy atom. The molecule has 3 rings (SSSR count). The summed E-state index contributed by atoms with van der Waals surface area (Å²) in [6, 6.07) is 11.1. The first-order chi connectivity index (χ1) is 13.5. The molecule has 148 valence electrons. The number of urea groups is 1. The SMILES string of the molecule is CCOc1ccc(C(C)=O)cc1NC(=O)N1CCN(c2ccc(F)cc2)CC1. The van der Waals surface area contributed by atoms with E-state index in [0.29, 0.717) is 49.8 Å². The van der Waals surface area contributed by atoms with E-state index in [-0.39, 0.29) is 17.6 Å². The Morgan fingerprint density at radius 1 is 1.07 bits per heavy atom. The van der Waals surface area contributed by atoms with E-state index in [1.165, 1.54) is 19.1 Å². The Bertz CT molecular complexity index is 846. The number of carbonyl (C=O) groups is 2. The van der Waals surface area contributed by atoms with Gasteiger partial charge < -0.3 is 19.9 Å². The van der Waals surface area contributed by atoms with Gasteiger partial charge in [0.1, 0.15) is 11.6 Å². The molecule has 1 aliphatic heterocycles. The predicted molar refractivity (Wildman–Crippen MR) is 107 cm³/mol. The van der Waals surface area contributed by atoms with Crippen molar-refractivity contribution < 1.29 is 18.7 Å². The van der Waals surface area contributed by atoms with Gasteiger partial charge >= 0.3 is 6.03 Å². The van der Waals surface area contributed by atoms with Crippen molar-refractivity contribution in [3.63, 3.8) is 0 Å². The number of rotatable bonds is 5. The summed E-state index contributed by atoms with van der Waals surface area (Å²) in [6.45, 7) is 6.20. The molecular formula is C21H24FN3O3. The molecule has 0 spiro atoms. The lowest BCUT2D eigenvalue weighted by Crippen LogP contribution is -2.50. The number of carbonyl (C=O) groups excluding carboxylic acids is 2. The fourth-order valence-corrected chi connectivity index (χ4v) is 3.14. The number of nitrogens with zero attached hydrogens (tertiary/aromatic N) is 2. The predicted octanol–water partition coefficient (Wildman–Crippen LogP) is 3.78. The molecule has 1 aliphatic rings. The fourth-order valence-electron chi connectivity index (χ4n) is 3.14. The summed E-state index contributed by atoms with van der Waals surface area (Å²) >= 11 is 0. The van der Waals surface area contributed by atoms with Gasteiger partial charge in [0.15, 0.2) is 5.78 Å². The van der Waals surface area contributed by atoms with Crippen LogP contribution in [-0.2, 0) is 0 Å². The molecule has 0 radical (unpaired) electrons. The quantitative estimate of drug-likeness (QED) is 0.796. The lowest BCUT2D eigenvalue weighted by atomic mass is 10.1. The first kappa shape index (κ1) is 19.7. The maximum atomic E-state index is 13.1. The second kappa shape index (κ2) is 8.73. The molecular weight excluding hydrogens is 361 g/mol. The van der Waals surface area contributed by atoms with Crippen LogP contribution >= 0.6 is 0 Å². The average Bonchev–Trinajstić information content (AvgIpc) is 2.70. The molecule has 1 N–H and O–H groups in total. The van der Waals surface area contributed by atoms with Crippen LogP contribution in [0.4, 0.5) is 20.6 Å². The molecule has 0 aliphatic carbocycles. The number of piperazine rings is 1. The van der Waals surface area contributed by atoms with Crippen molar-refractivity contribution in [2.45, 2.75) is 13.8 Å². The standard InChI is InChI=1S/C21H24FN3O3/c1-3-28-20-9-4-16(15(2)26)14-19(20)23-21(27)25-12-10-24(11-13-25)18-7-5-17(22)6-8-18/h4-9,14H,3,10-13H2,1-2H3,(H,23,27). The maximum Gasteiger partial charge on any atom is 0.322 e. The van der Waals surface area contributed by atoms with Crippen LogP contribution in [0.1, 0.15) is 24.2 Å². The number of benzene rings is 2. The van der Waals surface area contributed by atoms with Crippen LogP contribution in [0.25, 0.3) is 0 Å². The summed E-state index contributed by atoms with van der Waals surface area (Å²) in [7, 11) is 0. The third kappa shape index (κ3) is 4.60. The van der Waals surface area contributed by atoms with Gasteiger partial charge in [-0.2, -0.15) is 0 Å². The molecule has 2 aromatic carbocycles. The van der Waals surface area contributed by atoms with Gasteiger partial charge in [0.2, 0.25) is 0 Å². The normalized spacial score (nSPS) is 14.0. The van der Waals surface area contributed by atoms with Gasteiger partial charge in [-0.05, 0) is 56.3 Å². The van der Waals surface area contributed by atoms with Gasteiger partial charge in [-0.3, -0.25) is 4.79 Å². The summed E-state index contributed by atoms with van der Waals surface area (Å²) in [5.74, 6) is 0.192. The molecule has 2 aromatic rings. The first-order valence-corrected chi connectivity index (χ1v) is 9.32. The lowest BCUT2D eigenvalue weighted by Gasteiger charge is -2.36. The van der Waals surface area contributed by atoms with E-state index in [2.05, 4.69) is 10.2 Å². The summed E-state index contributed by atoms with van der Waals surface area (Å²) in [5.41, 5.74) is 1.94. The summed E-state index contributed by atoms with van der Waals surface area (Å²) < 4.78 is 18.6. The van der Waals surface area contributed by atoms with Crippen LogP contribution in [0, 0.1) is 5.82 Å². The minimum absolute atomic E-state index is 0.0774. The molecule has 1 saturated heterocycles. The van der Waals surface area contributed by atoms with Gasteiger partial charge in [0.05, 0.1) is 12.3 Å². The van der Waals surface area contributed by atoms with E-state index in [1.54, 1.807) is 35.2 Å². The van der Waals surface area contributed by atoms with Crippen LogP contribution in [-0.4, -0.2) is 49.5 Å². The smallest absolute Gasteiger partial charge is 0.322 e. The molecule has 0 saturated carbocycles. The summed E-state index contributed by atoms with van der Waals surface area (Å²) in [4.78, 5) is 28.2. The molecule has 0 unspecified atom stereocenters. The van der Waals surface area contributed by atoms with E-state index in [4.69, 9.17) is 4.74 Å². The number of Topliss-reactive ketones (excluding diaryl/α,β-unsaturated/α-hetero) is 1. The van der Waals surface area contributed by atoms with Crippen LogP contribution < -0.4 is 15.0 Å². The number of hydrogen-bond donors (Lipinski definition) is 1. The average molecular weight is 385 g/mol. The number of ketones is 1. The van der Waals surface area contributed by atoms with Crippen molar-refractivity contribution in [1.82, 2.24) is 4.90 Å². The third-order valence-electron chi connectivity index (χ3n) is 4.69. The Kier molecular flexibility index (Phi) is 6.13. The highest BCUT2D eigenvalue weighted by molar-refractivity contribution is 5.98. The fraction of sp³-hybridized carbons (Fsp3) is 0.333. The second-order valence-corrected chi connectivity index (χ2v) is 6.58. The van der Waals surface area contributed by atoms with Crippen LogP contribution in [0.3, 0.4) is 0 Å². The third-order valence-corrected chi connectivity index (χ3v) is 4.69. The van der Waals surface area contributed by atoms with Gasteiger partial charge in [0, 0.05) is 37.4 Å².